The van der Waals surface area contributed by atoms with Crippen molar-refractivity contribution in [2.75, 3.05) is 17.7 Å². The normalized spacial score (nSPS) is 27.0. The summed E-state index contributed by atoms with van der Waals surface area (Å²) >= 11 is 4.82. The monoisotopic (exact) mass is 466 g/mol. The number of anilines is 1. The molecule has 1 saturated carbocycles. The van der Waals surface area contributed by atoms with Crippen LogP contribution in [-0.4, -0.2) is 41.1 Å². The lowest BCUT2D eigenvalue weighted by Gasteiger charge is -2.38. The number of rotatable bonds is 3. The average molecular weight is 467 g/mol. The Labute approximate surface area is 176 Å². The molecule has 2 atom stereocenters. The van der Waals surface area contributed by atoms with Crippen LogP contribution in [0.3, 0.4) is 0 Å². The van der Waals surface area contributed by atoms with Gasteiger partial charge in [0.25, 0.3) is 5.91 Å². The molecular weight excluding hydrogens is 444 g/mol. The van der Waals surface area contributed by atoms with Gasteiger partial charge in [-0.05, 0) is 38.0 Å². The minimum Gasteiger partial charge on any atom is -0.464 e. The molecule has 4 rings (SSSR count). The molecule has 2 aliphatic heterocycles. The van der Waals surface area contributed by atoms with Crippen LogP contribution in [0.15, 0.2) is 22.7 Å². The lowest BCUT2D eigenvalue weighted by Crippen LogP contribution is -2.56. The number of hydrogen-bond donors (Lipinski definition) is 1. The van der Waals surface area contributed by atoms with E-state index in [1.165, 1.54) is 11.8 Å². The van der Waals surface area contributed by atoms with E-state index in [2.05, 4.69) is 21.2 Å². The Balaban J connectivity index is 1.80. The fourth-order valence-electron chi connectivity index (χ4n) is 4.45. The highest BCUT2D eigenvalue weighted by molar-refractivity contribution is 9.10. The van der Waals surface area contributed by atoms with Crippen molar-refractivity contribution in [1.82, 2.24) is 4.90 Å². The summed E-state index contributed by atoms with van der Waals surface area (Å²) in [7, 11) is 0. The summed E-state index contributed by atoms with van der Waals surface area (Å²) in [6, 6.07) is 4.80. The van der Waals surface area contributed by atoms with Gasteiger partial charge >= 0.3 is 5.97 Å². The van der Waals surface area contributed by atoms with Gasteiger partial charge < -0.3 is 15.0 Å². The Hall–Kier alpha value is -1.54. The number of esters is 1. The van der Waals surface area contributed by atoms with Crippen LogP contribution >= 0.6 is 27.7 Å². The van der Waals surface area contributed by atoms with Crippen molar-refractivity contribution in [1.29, 1.82) is 0 Å². The Bertz CT molecular complexity index is 826. The molecular formula is C20H23BrN2O4S. The number of thioether (sulfide) groups is 1. The van der Waals surface area contributed by atoms with Crippen molar-refractivity contribution in [2.24, 2.45) is 5.92 Å². The summed E-state index contributed by atoms with van der Waals surface area (Å²) in [6.45, 7) is 1.99. The summed E-state index contributed by atoms with van der Waals surface area (Å²) in [5, 5.41) is 2.91. The van der Waals surface area contributed by atoms with Gasteiger partial charge in [0, 0.05) is 27.4 Å². The van der Waals surface area contributed by atoms with Gasteiger partial charge in [-0.1, -0.05) is 35.2 Å². The first-order chi connectivity index (χ1) is 13.5. The van der Waals surface area contributed by atoms with E-state index in [0.29, 0.717) is 11.4 Å². The highest BCUT2D eigenvalue weighted by Crippen LogP contribution is 2.55. The lowest BCUT2D eigenvalue weighted by molar-refractivity contribution is -0.159. The molecule has 0 bridgehead atoms. The maximum Gasteiger partial charge on any atom is 0.329 e. The van der Waals surface area contributed by atoms with Gasteiger partial charge in [-0.15, -0.1) is 11.8 Å². The molecule has 2 amide bonds. The van der Waals surface area contributed by atoms with Crippen LogP contribution in [0.4, 0.5) is 5.69 Å². The van der Waals surface area contributed by atoms with E-state index in [4.69, 9.17) is 4.74 Å². The molecule has 1 aromatic rings. The van der Waals surface area contributed by atoms with Gasteiger partial charge in [0.2, 0.25) is 5.91 Å². The second kappa shape index (κ2) is 7.71. The fourth-order valence-corrected chi connectivity index (χ4v) is 6.36. The Kier molecular flexibility index (Phi) is 5.44. The van der Waals surface area contributed by atoms with E-state index in [1.54, 1.807) is 11.8 Å². The van der Waals surface area contributed by atoms with Gasteiger partial charge in [0.15, 0.2) is 4.87 Å². The highest BCUT2D eigenvalue weighted by atomic mass is 79.9. The van der Waals surface area contributed by atoms with Gasteiger partial charge in [-0.3, -0.25) is 9.59 Å². The number of benzene rings is 1. The third kappa shape index (κ3) is 3.05. The molecule has 2 heterocycles. The minimum absolute atomic E-state index is 0.106. The van der Waals surface area contributed by atoms with Crippen LogP contribution in [0.2, 0.25) is 0 Å². The summed E-state index contributed by atoms with van der Waals surface area (Å²) in [6.07, 6.45) is 4.74. The van der Waals surface area contributed by atoms with Crippen LogP contribution < -0.4 is 5.32 Å². The number of carbonyl (C=O) groups is 3. The first-order valence-electron chi connectivity index (χ1n) is 9.74. The van der Waals surface area contributed by atoms with Crippen molar-refractivity contribution in [3.8, 4) is 0 Å². The Morgan fingerprint density at radius 2 is 2.07 bits per heavy atom. The minimum atomic E-state index is -1.22. The zero-order chi connectivity index (χ0) is 19.9. The third-order valence-electron chi connectivity index (χ3n) is 5.75. The van der Waals surface area contributed by atoms with Crippen LogP contribution in [-0.2, 0) is 24.0 Å². The second-order valence-electron chi connectivity index (χ2n) is 7.41. The van der Waals surface area contributed by atoms with E-state index >= 15 is 0 Å². The zero-order valence-corrected chi connectivity index (χ0v) is 18.1. The van der Waals surface area contributed by atoms with Gasteiger partial charge in [-0.2, -0.15) is 0 Å². The largest absolute Gasteiger partial charge is 0.464 e. The number of nitrogens with zero attached hydrogens (tertiary/aromatic N) is 1. The van der Waals surface area contributed by atoms with E-state index in [1.807, 2.05) is 18.2 Å². The molecule has 2 fully saturated rings. The summed E-state index contributed by atoms with van der Waals surface area (Å²) < 4.78 is 6.08. The molecule has 28 heavy (non-hydrogen) atoms. The first-order valence-corrected chi connectivity index (χ1v) is 11.5. The molecule has 1 aliphatic carbocycles. The summed E-state index contributed by atoms with van der Waals surface area (Å²) in [5.41, 5.74) is 1.42. The van der Waals surface area contributed by atoms with Gasteiger partial charge in [0.1, 0.15) is 6.04 Å². The van der Waals surface area contributed by atoms with Crippen molar-refractivity contribution in [3.63, 3.8) is 0 Å². The van der Waals surface area contributed by atoms with Crippen molar-refractivity contribution >= 4 is 51.2 Å². The molecule has 3 aliphatic rings. The van der Waals surface area contributed by atoms with E-state index < -0.39 is 16.9 Å². The summed E-state index contributed by atoms with van der Waals surface area (Å²) in [5.74, 6) is -0.610. The smallest absolute Gasteiger partial charge is 0.329 e. The van der Waals surface area contributed by atoms with E-state index in [-0.39, 0.29) is 24.3 Å². The number of fused-ring (bicyclic) bond motifs is 2. The zero-order valence-electron chi connectivity index (χ0n) is 15.7. The quantitative estimate of drug-likeness (QED) is 0.688. The number of hydrogen-bond acceptors (Lipinski definition) is 5. The molecule has 6 nitrogen and oxygen atoms in total. The number of halogens is 1. The number of nitrogens with one attached hydrogen (secondary N) is 1. The standard InChI is InChI=1S/C20H23BrN2O4S/c1-2-27-18(25)16-11-28-20(23(16)17(24)12-6-4-3-5-7-12)14-10-13(21)8-9-15(14)22-19(20)26/h8-10,12,16H,2-7,11H2,1H3,(H,22,26)/t16-,20-/m0/s1. The Morgan fingerprint density at radius 1 is 1.32 bits per heavy atom. The third-order valence-corrected chi connectivity index (χ3v) is 7.75. The SMILES string of the molecule is CCOC(=O)[C@@H]1CS[C@@]2(C(=O)Nc3ccc(Br)cc32)N1C(=O)C1CCCCC1. The van der Waals surface area contributed by atoms with Crippen LogP contribution in [0.5, 0.6) is 0 Å². The van der Waals surface area contributed by atoms with E-state index in [9.17, 15) is 14.4 Å². The van der Waals surface area contributed by atoms with Crippen molar-refractivity contribution in [2.45, 2.75) is 49.9 Å². The van der Waals surface area contributed by atoms with Crippen LogP contribution in [0, 0.1) is 5.92 Å². The van der Waals surface area contributed by atoms with Gasteiger partial charge in [0.05, 0.1) is 6.61 Å². The second-order valence-corrected chi connectivity index (χ2v) is 9.54. The summed E-state index contributed by atoms with van der Waals surface area (Å²) in [4.78, 5) is 39.9. The molecule has 1 aromatic carbocycles. The molecule has 1 N–H and O–H groups in total. The molecule has 1 saturated heterocycles. The maximum atomic E-state index is 13.6. The highest BCUT2D eigenvalue weighted by Gasteiger charge is 2.62. The molecule has 0 radical (unpaired) electrons. The van der Waals surface area contributed by atoms with Crippen molar-refractivity contribution < 1.29 is 19.1 Å². The first kappa shape index (κ1) is 19.8. The number of carbonyl (C=O) groups excluding carboxylic acids is 3. The van der Waals surface area contributed by atoms with Crippen molar-refractivity contribution in [3.05, 3.63) is 28.2 Å². The molecule has 1 spiro atoms. The maximum absolute atomic E-state index is 13.6. The predicted molar refractivity (Wildman–Crippen MR) is 111 cm³/mol. The topological polar surface area (TPSA) is 75.7 Å². The van der Waals surface area contributed by atoms with Crippen LogP contribution in [0.25, 0.3) is 0 Å². The van der Waals surface area contributed by atoms with E-state index in [0.717, 1.165) is 42.1 Å². The fraction of sp³-hybridized carbons (Fsp3) is 0.550. The number of ether oxygens (including phenoxy) is 1. The molecule has 0 unspecified atom stereocenters. The number of amides is 2. The molecule has 0 aromatic heterocycles. The van der Waals surface area contributed by atoms with Gasteiger partial charge in [-0.25, -0.2) is 4.79 Å². The molecule has 8 heteroatoms. The Morgan fingerprint density at radius 3 is 2.79 bits per heavy atom. The lowest BCUT2D eigenvalue weighted by atomic mass is 9.87. The molecule has 150 valence electrons. The average Bonchev–Trinajstić information content (AvgIpc) is 3.22. The predicted octanol–water partition coefficient (Wildman–Crippen LogP) is 3.64. The van der Waals surface area contributed by atoms with Crippen LogP contribution in [0.1, 0.15) is 44.6 Å².